The summed E-state index contributed by atoms with van der Waals surface area (Å²) in [5.74, 6) is 1.46. The Kier molecular flexibility index (Phi) is 5.04. The Balaban J connectivity index is 1.60. The fraction of sp³-hybridized carbons (Fsp3) is 0.474. The van der Waals surface area contributed by atoms with Crippen LogP contribution in [0, 0.1) is 17.8 Å². The Labute approximate surface area is 132 Å². The number of amides is 1. The van der Waals surface area contributed by atoms with Gasteiger partial charge >= 0.3 is 0 Å². The van der Waals surface area contributed by atoms with Crippen LogP contribution in [0.25, 0.3) is 0 Å². The first-order valence-electron chi connectivity index (χ1n) is 8.37. The summed E-state index contributed by atoms with van der Waals surface area (Å²) in [6.45, 7) is 0. The van der Waals surface area contributed by atoms with Gasteiger partial charge in [-0.1, -0.05) is 24.3 Å². The molecule has 0 radical (unpaired) electrons. The van der Waals surface area contributed by atoms with Crippen molar-refractivity contribution in [2.24, 2.45) is 17.8 Å². The number of rotatable bonds is 2. The average Bonchev–Trinajstić information content (AvgIpc) is 3.21. The van der Waals surface area contributed by atoms with Crippen molar-refractivity contribution in [3.8, 4) is 0 Å². The molecule has 1 fully saturated rings. The number of carbonyl (C=O) groups excluding carboxylic acids is 1. The molecule has 3 rings (SSSR count). The first kappa shape index (κ1) is 15.0. The number of nitrogens with zero attached hydrogens (tertiary/aromatic N) is 1. The van der Waals surface area contributed by atoms with Gasteiger partial charge in [-0.2, -0.15) is 0 Å². The highest BCUT2D eigenvalue weighted by molar-refractivity contribution is 5.94. The fourth-order valence-electron chi connectivity index (χ4n) is 3.52. The Morgan fingerprint density at radius 3 is 2.23 bits per heavy atom. The summed E-state index contributed by atoms with van der Waals surface area (Å²) in [4.78, 5) is 16.5. The predicted octanol–water partition coefficient (Wildman–Crippen LogP) is 4.35. The highest BCUT2D eigenvalue weighted by Gasteiger charge is 2.52. The second kappa shape index (κ2) is 7.39. The van der Waals surface area contributed by atoms with E-state index in [1.807, 2.05) is 12.1 Å². The summed E-state index contributed by atoms with van der Waals surface area (Å²) >= 11 is 0. The number of aromatic nitrogens is 1. The predicted molar refractivity (Wildman–Crippen MR) is 89.3 cm³/mol. The van der Waals surface area contributed by atoms with Crippen LogP contribution >= 0.6 is 0 Å². The van der Waals surface area contributed by atoms with Crippen LogP contribution in [0.3, 0.4) is 0 Å². The second-order valence-corrected chi connectivity index (χ2v) is 6.26. The molecule has 1 N–H and O–H groups in total. The van der Waals surface area contributed by atoms with E-state index in [-0.39, 0.29) is 11.8 Å². The van der Waals surface area contributed by atoms with Crippen molar-refractivity contribution < 1.29 is 4.79 Å². The number of hydrogen-bond acceptors (Lipinski definition) is 2. The molecule has 116 valence electrons. The summed E-state index contributed by atoms with van der Waals surface area (Å²) < 4.78 is 0. The molecule has 3 nitrogen and oxygen atoms in total. The number of allylic oxidation sites excluding steroid dienone is 4. The molecule has 1 amide bonds. The molecular weight excluding hydrogens is 272 g/mol. The van der Waals surface area contributed by atoms with E-state index in [0.29, 0.717) is 11.8 Å². The van der Waals surface area contributed by atoms with E-state index >= 15 is 0 Å². The third kappa shape index (κ3) is 3.85. The lowest BCUT2D eigenvalue weighted by Crippen LogP contribution is -2.15. The first-order chi connectivity index (χ1) is 10.9. The van der Waals surface area contributed by atoms with E-state index in [9.17, 15) is 4.79 Å². The topological polar surface area (TPSA) is 42.0 Å². The van der Waals surface area contributed by atoms with Crippen LogP contribution in [0.15, 0.2) is 48.8 Å². The maximum absolute atomic E-state index is 12.5. The Morgan fingerprint density at radius 1 is 1.00 bits per heavy atom. The van der Waals surface area contributed by atoms with Crippen LogP contribution in [0.2, 0.25) is 0 Å². The minimum Gasteiger partial charge on any atom is -0.324 e. The quantitative estimate of drug-likeness (QED) is 0.824. The van der Waals surface area contributed by atoms with Crippen molar-refractivity contribution in [1.29, 1.82) is 0 Å². The summed E-state index contributed by atoms with van der Waals surface area (Å²) in [7, 11) is 0. The van der Waals surface area contributed by atoms with Gasteiger partial charge in [-0.3, -0.25) is 9.78 Å². The molecular formula is C19H24N2O. The summed E-state index contributed by atoms with van der Waals surface area (Å²) in [5.41, 5.74) is 0.801. The number of hydrogen-bond donors (Lipinski definition) is 1. The van der Waals surface area contributed by atoms with Crippen LogP contribution in [0.4, 0.5) is 5.69 Å². The molecule has 1 aromatic rings. The van der Waals surface area contributed by atoms with Gasteiger partial charge in [0.15, 0.2) is 0 Å². The van der Waals surface area contributed by atoms with Crippen molar-refractivity contribution in [3.05, 3.63) is 48.8 Å². The molecule has 1 heterocycles. The zero-order chi connectivity index (χ0) is 15.2. The molecule has 0 spiro atoms. The molecule has 1 saturated carbocycles. The van der Waals surface area contributed by atoms with Crippen LogP contribution in [0.1, 0.15) is 38.5 Å². The summed E-state index contributed by atoms with van der Waals surface area (Å²) in [6.07, 6.45) is 19.3. The van der Waals surface area contributed by atoms with E-state index in [1.165, 1.54) is 0 Å². The SMILES string of the molecule is O=C(Nc1cccnc1)C1C2CCC=CCCC=CCCC21. The maximum atomic E-state index is 12.5. The highest BCUT2D eigenvalue weighted by atomic mass is 16.2. The van der Waals surface area contributed by atoms with Gasteiger partial charge < -0.3 is 5.32 Å². The van der Waals surface area contributed by atoms with Crippen molar-refractivity contribution in [1.82, 2.24) is 4.98 Å². The van der Waals surface area contributed by atoms with Gasteiger partial charge in [0.1, 0.15) is 0 Å². The van der Waals surface area contributed by atoms with E-state index < -0.39 is 0 Å². The van der Waals surface area contributed by atoms with Gasteiger partial charge in [0.2, 0.25) is 5.91 Å². The van der Waals surface area contributed by atoms with Gasteiger partial charge in [-0.15, -0.1) is 0 Å². The number of pyridine rings is 1. The number of nitrogens with one attached hydrogen (secondary N) is 1. The molecule has 0 saturated heterocycles. The maximum Gasteiger partial charge on any atom is 0.228 e. The van der Waals surface area contributed by atoms with Crippen LogP contribution in [-0.4, -0.2) is 10.9 Å². The molecule has 2 unspecified atom stereocenters. The Bertz CT molecular complexity index is 526. The first-order valence-corrected chi connectivity index (χ1v) is 8.37. The monoisotopic (exact) mass is 296 g/mol. The lowest BCUT2D eigenvalue weighted by atomic mass is 10.1. The van der Waals surface area contributed by atoms with Gasteiger partial charge in [0.05, 0.1) is 11.9 Å². The Morgan fingerprint density at radius 2 is 1.64 bits per heavy atom. The largest absolute Gasteiger partial charge is 0.324 e. The van der Waals surface area contributed by atoms with Crippen molar-refractivity contribution in [2.75, 3.05) is 5.32 Å². The standard InChI is InChI=1S/C19H24N2O/c22-19(21-15-10-9-13-20-14-15)18-16-11-7-5-3-1-2-4-6-8-12-17(16)18/h3-6,9-10,13-14,16-18H,1-2,7-8,11-12H2,(H,21,22). The zero-order valence-corrected chi connectivity index (χ0v) is 12.9. The summed E-state index contributed by atoms with van der Waals surface area (Å²) in [6, 6.07) is 3.74. The van der Waals surface area contributed by atoms with E-state index in [4.69, 9.17) is 0 Å². The van der Waals surface area contributed by atoms with E-state index in [2.05, 4.69) is 34.6 Å². The lowest BCUT2D eigenvalue weighted by Gasteiger charge is -2.03. The average molecular weight is 296 g/mol. The second-order valence-electron chi connectivity index (χ2n) is 6.26. The molecule has 1 aromatic heterocycles. The molecule has 0 bridgehead atoms. The normalized spacial score (nSPS) is 28.1. The third-order valence-corrected chi connectivity index (χ3v) is 4.73. The minimum atomic E-state index is 0.172. The molecule has 22 heavy (non-hydrogen) atoms. The lowest BCUT2D eigenvalue weighted by molar-refractivity contribution is -0.117. The number of fused-ring (bicyclic) bond motifs is 1. The number of carbonyl (C=O) groups is 1. The molecule has 0 aromatic carbocycles. The number of anilines is 1. The molecule has 2 atom stereocenters. The Hall–Kier alpha value is -1.90. The fourth-order valence-corrected chi connectivity index (χ4v) is 3.52. The van der Waals surface area contributed by atoms with Gasteiger partial charge in [-0.05, 0) is 62.5 Å². The molecule has 3 heteroatoms. The molecule has 2 aliphatic rings. The third-order valence-electron chi connectivity index (χ3n) is 4.73. The molecule has 2 aliphatic carbocycles. The summed E-state index contributed by atoms with van der Waals surface area (Å²) in [5, 5.41) is 3.02. The van der Waals surface area contributed by atoms with Gasteiger partial charge in [-0.25, -0.2) is 0 Å². The zero-order valence-electron chi connectivity index (χ0n) is 12.9. The minimum absolute atomic E-state index is 0.172. The highest BCUT2D eigenvalue weighted by Crippen LogP contribution is 2.52. The van der Waals surface area contributed by atoms with E-state index in [1.54, 1.807) is 12.4 Å². The van der Waals surface area contributed by atoms with Crippen molar-refractivity contribution in [2.45, 2.75) is 38.5 Å². The smallest absolute Gasteiger partial charge is 0.228 e. The van der Waals surface area contributed by atoms with Crippen molar-refractivity contribution in [3.63, 3.8) is 0 Å². The van der Waals surface area contributed by atoms with Crippen molar-refractivity contribution >= 4 is 11.6 Å². The van der Waals surface area contributed by atoms with Gasteiger partial charge in [0.25, 0.3) is 0 Å². The van der Waals surface area contributed by atoms with Crippen LogP contribution < -0.4 is 5.32 Å². The van der Waals surface area contributed by atoms with Crippen LogP contribution in [0.5, 0.6) is 0 Å². The van der Waals surface area contributed by atoms with E-state index in [0.717, 1.165) is 44.2 Å². The molecule has 0 aliphatic heterocycles. The van der Waals surface area contributed by atoms with Gasteiger partial charge in [0, 0.05) is 12.1 Å². The van der Waals surface area contributed by atoms with Crippen LogP contribution in [-0.2, 0) is 4.79 Å².